The van der Waals surface area contributed by atoms with E-state index < -0.39 is 0 Å². The van der Waals surface area contributed by atoms with Crippen molar-refractivity contribution in [2.75, 3.05) is 32.7 Å². The van der Waals surface area contributed by atoms with Gasteiger partial charge in [0.2, 0.25) is 0 Å². The molecule has 11 heavy (non-hydrogen) atoms. The van der Waals surface area contributed by atoms with Gasteiger partial charge in [0.25, 0.3) is 0 Å². The SMILES string of the molecule is [CH2]C(CCN)N1CCNCC1. The van der Waals surface area contributed by atoms with Crippen LogP contribution in [0, 0.1) is 6.92 Å². The number of nitrogens with zero attached hydrogens (tertiary/aromatic N) is 1. The molecule has 1 unspecified atom stereocenters. The van der Waals surface area contributed by atoms with Crippen LogP contribution < -0.4 is 11.1 Å². The van der Waals surface area contributed by atoms with E-state index in [9.17, 15) is 0 Å². The highest BCUT2D eigenvalue weighted by Crippen LogP contribution is 2.02. The van der Waals surface area contributed by atoms with E-state index in [0.29, 0.717) is 6.04 Å². The van der Waals surface area contributed by atoms with E-state index in [2.05, 4.69) is 17.1 Å². The molecule has 0 aromatic rings. The molecule has 0 saturated carbocycles. The number of nitrogens with one attached hydrogen (secondary N) is 1. The van der Waals surface area contributed by atoms with Crippen LogP contribution in [-0.4, -0.2) is 43.7 Å². The van der Waals surface area contributed by atoms with Gasteiger partial charge in [-0.05, 0) is 19.9 Å². The molecule has 1 aliphatic heterocycles. The summed E-state index contributed by atoms with van der Waals surface area (Å²) in [6, 6.07) is 0.419. The number of hydrogen-bond donors (Lipinski definition) is 2. The van der Waals surface area contributed by atoms with E-state index in [0.717, 1.165) is 39.1 Å². The minimum absolute atomic E-state index is 0.419. The molecule has 0 aliphatic carbocycles. The molecule has 0 aromatic heterocycles. The molecule has 1 atom stereocenters. The molecule has 1 heterocycles. The van der Waals surface area contributed by atoms with E-state index in [4.69, 9.17) is 5.73 Å². The van der Waals surface area contributed by atoms with Crippen molar-refractivity contribution in [2.24, 2.45) is 5.73 Å². The molecular formula is C8H18N3. The van der Waals surface area contributed by atoms with Crippen LogP contribution in [0.4, 0.5) is 0 Å². The second-order valence-corrected chi connectivity index (χ2v) is 3.02. The number of nitrogens with two attached hydrogens (primary N) is 1. The Morgan fingerprint density at radius 1 is 1.45 bits per heavy atom. The van der Waals surface area contributed by atoms with Crippen molar-refractivity contribution in [3.63, 3.8) is 0 Å². The predicted molar refractivity (Wildman–Crippen MR) is 47.3 cm³/mol. The Bertz CT molecular complexity index is 99.5. The summed E-state index contributed by atoms with van der Waals surface area (Å²) in [7, 11) is 0. The molecule has 1 rings (SSSR count). The van der Waals surface area contributed by atoms with Gasteiger partial charge in [0.15, 0.2) is 0 Å². The van der Waals surface area contributed by atoms with E-state index in [1.54, 1.807) is 0 Å². The first-order valence-electron chi connectivity index (χ1n) is 4.32. The smallest absolute Gasteiger partial charge is 0.0110 e. The second-order valence-electron chi connectivity index (χ2n) is 3.02. The molecule has 1 fully saturated rings. The minimum Gasteiger partial charge on any atom is -0.330 e. The van der Waals surface area contributed by atoms with Gasteiger partial charge in [-0.1, -0.05) is 0 Å². The summed E-state index contributed by atoms with van der Waals surface area (Å²) in [5, 5.41) is 3.31. The zero-order chi connectivity index (χ0) is 8.10. The van der Waals surface area contributed by atoms with Crippen molar-refractivity contribution in [1.29, 1.82) is 0 Å². The summed E-state index contributed by atoms with van der Waals surface area (Å²) in [5.41, 5.74) is 5.45. The van der Waals surface area contributed by atoms with Crippen LogP contribution in [0.2, 0.25) is 0 Å². The normalized spacial score (nSPS) is 23.5. The highest BCUT2D eigenvalue weighted by Gasteiger charge is 2.14. The van der Waals surface area contributed by atoms with Gasteiger partial charge in [-0.3, -0.25) is 4.90 Å². The highest BCUT2D eigenvalue weighted by molar-refractivity contribution is 4.78. The molecule has 0 bridgehead atoms. The van der Waals surface area contributed by atoms with Crippen molar-refractivity contribution in [3.05, 3.63) is 6.92 Å². The van der Waals surface area contributed by atoms with Crippen molar-refractivity contribution < 1.29 is 0 Å². The van der Waals surface area contributed by atoms with Gasteiger partial charge < -0.3 is 11.1 Å². The molecule has 0 spiro atoms. The van der Waals surface area contributed by atoms with Crippen LogP contribution in [0.5, 0.6) is 0 Å². The molecule has 3 heteroatoms. The van der Waals surface area contributed by atoms with Crippen molar-refractivity contribution in [1.82, 2.24) is 10.2 Å². The Balaban J connectivity index is 2.21. The summed E-state index contributed by atoms with van der Waals surface area (Å²) in [4.78, 5) is 2.39. The second kappa shape index (κ2) is 4.70. The highest BCUT2D eigenvalue weighted by atomic mass is 15.2. The molecular weight excluding hydrogens is 138 g/mol. The third-order valence-electron chi connectivity index (χ3n) is 2.17. The third-order valence-corrected chi connectivity index (χ3v) is 2.17. The van der Waals surface area contributed by atoms with Crippen LogP contribution in [0.15, 0.2) is 0 Å². The van der Waals surface area contributed by atoms with Gasteiger partial charge in [-0.25, -0.2) is 0 Å². The summed E-state index contributed by atoms with van der Waals surface area (Å²) < 4.78 is 0. The molecule has 3 nitrogen and oxygen atoms in total. The zero-order valence-corrected chi connectivity index (χ0v) is 7.05. The van der Waals surface area contributed by atoms with E-state index >= 15 is 0 Å². The third kappa shape index (κ3) is 2.77. The molecule has 1 saturated heterocycles. The van der Waals surface area contributed by atoms with Crippen molar-refractivity contribution in [2.45, 2.75) is 12.5 Å². The zero-order valence-electron chi connectivity index (χ0n) is 7.05. The molecule has 3 N–H and O–H groups in total. The lowest BCUT2D eigenvalue weighted by Gasteiger charge is -2.32. The Morgan fingerprint density at radius 3 is 2.64 bits per heavy atom. The van der Waals surface area contributed by atoms with Gasteiger partial charge in [0.05, 0.1) is 0 Å². The lowest BCUT2D eigenvalue weighted by Crippen LogP contribution is -2.48. The maximum Gasteiger partial charge on any atom is 0.0110 e. The van der Waals surface area contributed by atoms with Gasteiger partial charge in [-0.2, -0.15) is 0 Å². The summed E-state index contributed by atoms with van der Waals surface area (Å²) in [6.45, 7) is 9.24. The first-order chi connectivity index (χ1) is 5.34. The number of hydrogen-bond acceptors (Lipinski definition) is 3. The fourth-order valence-electron chi connectivity index (χ4n) is 1.42. The Labute approximate surface area is 68.9 Å². The topological polar surface area (TPSA) is 41.3 Å². The molecule has 1 radical (unpaired) electrons. The quantitative estimate of drug-likeness (QED) is 0.576. The lowest BCUT2D eigenvalue weighted by molar-refractivity contribution is 0.194. The van der Waals surface area contributed by atoms with E-state index in [1.807, 2.05) is 0 Å². The maximum atomic E-state index is 5.45. The van der Waals surface area contributed by atoms with Crippen LogP contribution >= 0.6 is 0 Å². The molecule has 0 amide bonds. The maximum absolute atomic E-state index is 5.45. The van der Waals surface area contributed by atoms with Crippen LogP contribution in [0.25, 0.3) is 0 Å². The average Bonchev–Trinajstić information content (AvgIpc) is 2.07. The standard InChI is InChI=1S/C8H18N3/c1-8(2-3-9)11-6-4-10-5-7-11/h8,10H,1-7,9H2. The largest absolute Gasteiger partial charge is 0.330 e. The monoisotopic (exact) mass is 156 g/mol. The van der Waals surface area contributed by atoms with Gasteiger partial charge in [-0.15, -0.1) is 0 Å². The number of rotatable bonds is 3. The van der Waals surface area contributed by atoms with Crippen molar-refractivity contribution >= 4 is 0 Å². The predicted octanol–water partition coefficient (Wildman–Crippen LogP) is -0.557. The summed E-state index contributed by atoms with van der Waals surface area (Å²) in [5.74, 6) is 0. The number of piperazine rings is 1. The Morgan fingerprint density at radius 2 is 2.09 bits per heavy atom. The fourth-order valence-corrected chi connectivity index (χ4v) is 1.42. The Hall–Kier alpha value is -0.120. The van der Waals surface area contributed by atoms with Gasteiger partial charge >= 0.3 is 0 Å². The Kier molecular flexibility index (Phi) is 3.83. The minimum atomic E-state index is 0.419. The molecule has 65 valence electrons. The van der Waals surface area contributed by atoms with E-state index in [1.165, 1.54) is 0 Å². The summed E-state index contributed by atoms with van der Waals surface area (Å²) in [6.07, 6.45) is 1.01. The van der Waals surface area contributed by atoms with E-state index in [-0.39, 0.29) is 0 Å². The van der Waals surface area contributed by atoms with Crippen LogP contribution in [0.3, 0.4) is 0 Å². The first-order valence-corrected chi connectivity index (χ1v) is 4.32. The van der Waals surface area contributed by atoms with Crippen LogP contribution in [-0.2, 0) is 0 Å². The lowest BCUT2D eigenvalue weighted by atomic mass is 10.2. The van der Waals surface area contributed by atoms with Crippen molar-refractivity contribution in [3.8, 4) is 0 Å². The average molecular weight is 156 g/mol. The fraction of sp³-hybridized carbons (Fsp3) is 0.875. The molecule has 1 aliphatic rings. The molecule has 0 aromatic carbocycles. The van der Waals surface area contributed by atoms with Crippen LogP contribution in [0.1, 0.15) is 6.42 Å². The van der Waals surface area contributed by atoms with Gasteiger partial charge in [0.1, 0.15) is 0 Å². The first kappa shape index (κ1) is 8.97. The summed E-state index contributed by atoms with van der Waals surface area (Å²) >= 11 is 0. The van der Waals surface area contributed by atoms with Gasteiger partial charge in [0, 0.05) is 32.2 Å².